The first-order valence-electron chi connectivity index (χ1n) is 5.47. The smallest absolute Gasteiger partial charge is 0.263 e. The van der Waals surface area contributed by atoms with E-state index >= 15 is 0 Å². The van der Waals surface area contributed by atoms with Crippen molar-refractivity contribution in [1.82, 2.24) is 9.55 Å². The highest BCUT2D eigenvalue weighted by Gasteiger charge is 2.16. The van der Waals surface area contributed by atoms with E-state index in [9.17, 15) is 0 Å². The summed E-state index contributed by atoms with van der Waals surface area (Å²) >= 11 is 1.75. The van der Waals surface area contributed by atoms with Crippen molar-refractivity contribution in [2.75, 3.05) is 0 Å². The lowest BCUT2D eigenvalue weighted by Crippen LogP contribution is -2.20. The number of aromatic nitrogens is 3. The molecule has 0 amide bonds. The number of pyridine rings is 1. The molecule has 0 N–H and O–H groups in total. The molecule has 0 saturated carbocycles. The Kier molecular flexibility index (Phi) is 2.01. The third kappa shape index (κ3) is 1.19. The van der Waals surface area contributed by atoms with Crippen LogP contribution < -0.4 is 4.40 Å². The molecule has 0 spiro atoms. The zero-order valence-corrected chi connectivity index (χ0v) is 10.5. The quantitative estimate of drug-likeness (QED) is 0.590. The Balaban J connectivity index is 2.50. The van der Waals surface area contributed by atoms with Gasteiger partial charge in [0.25, 0.3) is 5.65 Å². The molecule has 0 fully saturated rings. The number of hydrogen-bond acceptors (Lipinski definition) is 2. The first-order valence-corrected chi connectivity index (χ1v) is 6.28. The first-order chi connectivity index (χ1) is 7.70. The SMILES string of the molecule is CCc1c[n+]2c3nc(C)sc3ccc2n1C. The van der Waals surface area contributed by atoms with Gasteiger partial charge in [0.15, 0.2) is 5.01 Å². The van der Waals surface area contributed by atoms with Crippen molar-refractivity contribution in [2.45, 2.75) is 20.3 Å². The molecule has 0 atom stereocenters. The van der Waals surface area contributed by atoms with Gasteiger partial charge in [-0.05, 0) is 6.07 Å². The molecular weight excluding hydrogens is 218 g/mol. The van der Waals surface area contributed by atoms with Gasteiger partial charge in [0.2, 0.25) is 5.65 Å². The van der Waals surface area contributed by atoms with Crippen LogP contribution in [0.5, 0.6) is 0 Å². The summed E-state index contributed by atoms with van der Waals surface area (Å²) in [7, 11) is 2.11. The number of thiazole rings is 1. The van der Waals surface area contributed by atoms with E-state index in [1.54, 1.807) is 11.3 Å². The minimum atomic E-state index is 1.04. The van der Waals surface area contributed by atoms with E-state index in [1.165, 1.54) is 16.0 Å². The molecule has 3 nitrogen and oxygen atoms in total. The van der Waals surface area contributed by atoms with Gasteiger partial charge >= 0.3 is 0 Å². The summed E-state index contributed by atoms with van der Waals surface area (Å²) in [5.74, 6) is 0. The summed E-state index contributed by atoms with van der Waals surface area (Å²) < 4.78 is 5.68. The lowest BCUT2D eigenvalue weighted by Gasteiger charge is -1.92. The van der Waals surface area contributed by atoms with Crippen LogP contribution in [-0.4, -0.2) is 9.55 Å². The Hall–Kier alpha value is -1.42. The van der Waals surface area contributed by atoms with E-state index < -0.39 is 0 Å². The molecule has 0 saturated heterocycles. The predicted molar refractivity (Wildman–Crippen MR) is 65.9 cm³/mol. The largest absolute Gasteiger partial charge is 0.286 e. The first kappa shape index (κ1) is 9.78. The van der Waals surface area contributed by atoms with E-state index in [1.807, 2.05) is 0 Å². The Morgan fingerprint density at radius 2 is 2.25 bits per heavy atom. The topological polar surface area (TPSA) is 21.9 Å². The molecular formula is C12H14N3S+. The molecule has 4 heteroatoms. The minimum absolute atomic E-state index is 1.04. The minimum Gasteiger partial charge on any atom is -0.263 e. The van der Waals surface area contributed by atoms with Gasteiger partial charge in [-0.25, -0.2) is 0 Å². The Bertz CT molecular complexity index is 678. The number of hydrogen-bond donors (Lipinski definition) is 0. The highest BCUT2D eigenvalue weighted by Crippen LogP contribution is 2.19. The fourth-order valence-corrected chi connectivity index (χ4v) is 2.99. The summed E-state index contributed by atoms with van der Waals surface area (Å²) in [6, 6.07) is 4.33. The monoisotopic (exact) mass is 232 g/mol. The fraction of sp³-hybridized carbons (Fsp3) is 0.333. The van der Waals surface area contributed by atoms with Crippen molar-refractivity contribution < 1.29 is 4.40 Å². The average Bonchev–Trinajstić information content (AvgIpc) is 2.78. The lowest BCUT2D eigenvalue weighted by atomic mass is 10.4. The number of nitrogens with zero attached hydrogens (tertiary/aromatic N) is 3. The predicted octanol–water partition coefficient (Wildman–Crippen LogP) is 2.24. The van der Waals surface area contributed by atoms with Crippen molar-refractivity contribution in [3.05, 3.63) is 29.0 Å². The number of rotatable bonds is 1. The molecule has 16 heavy (non-hydrogen) atoms. The molecule has 0 aromatic carbocycles. The molecule has 3 heterocycles. The lowest BCUT2D eigenvalue weighted by molar-refractivity contribution is -0.482. The summed E-state index contributed by atoms with van der Waals surface area (Å²) in [5, 5.41) is 1.12. The molecule has 3 aromatic rings. The highest BCUT2D eigenvalue weighted by atomic mass is 32.1. The molecule has 0 aliphatic carbocycles. The van der Waals surface area contributed by atoms with Crippen LogP contribution in [0.4, 0.5) is 0 Å². The van der Waals surface area contributed by atoms with Gasteiger partial charge in [0.1, 0.15) is 16.6 Å². The number of imidazole rings is 1. The second-order valence-electron chi connectivity index (χ2n) is 4.02. The maximum absolute atomic E-state index is 4.60. The number of aryl methyl sites for hydroxylation is 3. The Morgan fingerprint density at radius 3 is 3.00 bits per heavy atom. The highest BCUT2D eigenvalue weighted by molar-refractivity contribution is 7.18. The second-order valence-corrected chi connectivity index (χ2v) is 5.25. The third-order valence-electron chi connectivity index (χ3n) is 3.02. The Morgan fingerprint density at radius 1 is 1.44 bits per heavy atom. The van der Waals surface area contributed by atoms with Crippen LogP contribution in [0.15, 0.2) is 18.3 Å². The molecule has 3 aromatic heterocycles. The van der Waals surface area contributed by atoms with Gasteiger partial charge in [0.05, 0.1) is 7.05 Å². The van der Waals surface area contributed by atoms with Gasteiger partial charge in [-0.2, -0.15) is 4.40 Å². The summed E-state index contributed by atoms with van der Waals surface area (Å²) in [4.78, 5) is 4.60. The van der Waals surface area contributed by atoms with Crippen molar-refractivity contribution >= 4 is 27.3 Å². The van der Waals surface area contributed by atoms with Crippen LogP contribution in [0.3, 0.4) is 0 Å². The Labute approximate surface area is 98.0 Å². The zero-order valence-electron chi connectivity index (χ0n) is 9.69. The van der Waals surface area contributed by atoms with Crippen LogP contribution in [0.2, 0.25) is 0 Å². The van der Waals surface area contributed by atoms with E-state index in [0.717, 1.165) is 17.1 Å². The molecule has 0 aliphatic rings. The van der Waals surface area contributed by atoms with E-state index in [0.29, 0.717) is 0 Å². The second kappa shape index (κ2) is 3.28. The van der Waals surface area contributed by atoms with Gasteiger partial charge in [-0.1, -0.05) is 23.2 Å². The molecule has 0 unspecified atom stereocenters. The molecule has 82 valence electrons. The fourth-order valence-electron chi connectivity index (χ4n) is 2.16. The molecule has 3 rings (SSSR count). The van der Waals surface area contributed by atoms with Gasteiger partial charge in [0, 0.05) is 19.4 Å². The van der Waals surface area contributed by atoms with E-state index in [4.69, 9.17) is 0 Å². The van der Waals surface area contributed by atoms with Crippen molar-refractivity contribution in [2.24, 2.45) is 7.05 Å². The van der Waals surface area contributed by atoms with Crippen molar-refractivity contribution in [3.63, 3.8) is 0 Å². The van der Waals surface area contributed by atoms with Gasteiger partial charge in [-0.3, -0.25) is 4.57 Å². The maximum Gasteiger partial charge on any atom is 0.286 e. The van der Waals surface area contributed by atoms with Crippen LogP contribution in [0.1, 0.15) is 17.6 Å². The summed E-state index contributed by atoms with van der Waals surface area (Å²) in [5.41, 5.74) is 3.61. The van der Waals surface area contributed by atoms with E-state index in [2.05, 4.69) is 53.2 Å². The summed E-state index contributed by atoms with van der Waals surface area (Å²) in [6.07, 6.45) is 3.24. The van der Waals surface area contributed by atoms with Gasteiger partial charge in [-0.15, -0.1) is 0 Å². The van der Waals surface area contributed by atoms with Crippen LogP contribution in [-0.2, 0) is 13.5 Å². The van der Waals surface area contributed by atoms with Crippen LogP contribution >= 0.6 is 11.3 Å². The maximum atomic E-state index is 4.60. The van der Waals surface area contributed by atoms with Crippen molar-refractivity contribution in [3.8, 4) is 0 Å². The van der Waals surface area contributed by atoms with Crippen molar-refractivity contribution in [1.29, 1.82) is 0 Å². The van der Waals surface area contributed by atoms with Gasteiger partial charge < -0.3 is 0 Å². The normalized spacial score (nSPS) is 11.7. The standard InChI is InChI=1S/C12H14N3S/c1-4-9-7-15-11(14(9)3)6-5-10-12(15)13-8(2)16-10/h5-7H,4H2,1-3H3/q+1. The zero-order chi connectivity index (χ0) is 11.3. The van der Waals surface area contributed by atoms with E-state index in [-0.39, 0.29) is 0 Å². The van der Waals surface area contributed by atoms with Crippen LogP contribution in [0.25, 0.3) is 16.0 Å². The molecule has 0 radical (unpaired) electrons. The third-order valence-corrected chi connectivity index (χ3v) is 3.94. The molecule has 0 aliphatic heterocycles. The number of fused-ring (bicyclic) bond motifs is 3. The summed E-state index contributed by atoms with van der Waals surface area (Å²) in [6.45, 7) is 4.24. The average molecular weight is 232 g/mol. The molecule has 0 bridgehead atoms. The van der Waals surface area contributed by atoms with Crippen LogP contribution in [0, 0.1) is 6.92 Å².